The highest BCUT2D eigenvalue weighted by Gasteiger charge is 2.16. The molecule has 0 atom stereocenters. The lowest BCUT2D eigenvalue weighted by molar-refractivity contribution is 0.315. The average molecular weight is 425 g/mol. The van der Waals surface area contributed by atoms with Crippen molar-refractivity contribution in [3.63, 3.8) is 0 Å². The van der Waals surface area contributed by atoms with E-state index in [-0.39, 0.29) is 24.0 Å². The zero-order chi connectivity index (χ0) is 15.4. The molecule has 23 heavy (non-hydrogen) atoms. The Morgan fingerprint density at radius 3 is 2.78 bits per heavy atom. The number of nitrogens with zero attached hydrogens (tertiary/aromatic N) is 3. The summed E-state index contributed by atoms with van der Waals surface area (Å²) in [5.41, 5.74) is 9.12. The van der Waals surface area contributed by atoms with E-state index in [0.29, 0.717) is 12.5 Å². The predicted octanol–water partition coefficient (Wildman–Crippen LogP) is 3.00. The monoisotopic (exact) mass is 425 g/mol. The summed E-state index contributed by atoms with van der Waals surface area (Å²) in [7, 11) is 0. The Kier molecular flexibility index (Phi) is 6.44. The van der Waals surface area contributed by atoms with Gasteiger partial charge in [0.2, 0.25) is 0 Å². The summed E-state index contributed by atoms with van der Waals surface area (Å²) in [5, 5.41) is 7.69. The number of aryl methyl sites for hydroxylation is 1. The van der Waals surface area contributed by atoms with Gasteiger partial charge in [0.25, 0.3) is 0 Å². The molecule has 0 spiro atoms. The maximum absolute atomic E-state index is 5.96. The van der Waals surface area contributed by atoms with Crippen LogP contribution in [0.5, 0.6) is 0 Å². The van der Waals surface area contributed by atoms with E-state index in [1.54, 1.807) is 0 Å². The lowest BCUT2D eigenvalue weighted by Gasteiger charge is -2.25. The molecule has 1 aromatic heterocycles. The van der Waals surface area contributed by atoms with Crippen molar-refractivity contribution in [2.45, 2.75) is 32.7 Å². The zero-order valence-electron chi connectivity index (χ0n) is 13.4. The molecule has 1 aliphatic rings. The molecule has 1 aliphatic carbocycles. The Balaban J connectivity index is 0.00000192. The van der Waals surface area contributed by atoms with Crippen LogP contribution in [0.4, 0.5) is 0 Å². The average Bonchev–Trinajstić information content (AvgIpc) is 2.90. The largest absolute Gasteiger partial charge is 0.370 e. The van der Waals surface area contributed by atoms with Gasteiger partial charge in [-0.05, 0) is 43.4 Å². The van der Waals surface area contributed by atoms with Crippen LogP contribution in [0.15, 0.2) is 41.5 Å². The third kappa shape index (κ3) is 4.70. The van der Waals surface area contributed by atoms with Crippen LogP contribution in [0.3, 0.4) is 0 Å². The van der Waals surface area contributed by atoms with Crippen molar-refractivity contribution in [2.75, 3.05) is 6.54 Å². The van der Waals surface area contributed by atoms with E-state index in [9.17, 15) is 0 Å². The molecular formula is C17H24IN5. The second-order valence-electron chi connectivity index (χ2n) is 5.91. The topological polar surface area (TPSA) is 68.2 Å². The summed E-state index contributed by atoms with van der Waals surface area (Å²) in [6.07, 6.45) is 5.93. The summed E-state index contributed by atoms with van der Waals surface area (Å²) in [6, 6.07) is 10.1. The number of nitrogens with two attached hydrogens (primary N) is 1. The second kappa shape index (κ2) is 8.33. The molecule has 0 unspecified atom stereocenters. The number of hydrogen-bond donors (Lipinski definition) is 2. The smallest absolute Gasteiger partial charge is 0.188 e. The number of guanidine groups is 1. The van der Waals surface area contributed by atoms with Crippen molar-refractivity contribution in [1.82, 2.24) is 15.1 Å². The van der Waals surface area contributed by atoms with Gasteiger partial charge in [-0.15, -0.1) is 24.0 Å². The van der Waals surface area contributed by atoms with Crippen LogP contribution in [0.25, 0.3) is 5.69 Å². The number of halogens is 1. The highest BCUT2D eigenvalue weighted by molar-refractivity contribution is 14.0. The van der Waals surface area contributed by atoms with Gasteiger partial charge in [0.05, 0.1) is 17.9 Å². The van der Waals surface area contributed by atoms with E-state index >= 15 is 0 Å². The minimum absolute atomic E-state index is 0. The molecule has 3 N–H and O–H groups in total. The van der Waals surface area contributed by atoms with Gasteiger partial charge in [-0.2, -0.15) is 5.10 Å². The van der Waals surface area contributed by atoms with Crippen LogP contribution >= 0.6 is 24.0 Å². The van der Waals surface area contributed by atoms with Crippen LogP contribution in [-0.2, 0) is 6.54 Å². The lowest BCUT2D eigenvalue weighted by Crippen LogP contribution is -2.37. The molecule has 3 rings (SSSR count). The summed E-state index contributed by atoms with van der Waals surface area (Å²) in [5.74, 6) is 1.30. The summed E-state index contributed by atoms with van der Waals surface area (Å²) in [4.78, 5) is 4.46. The second-order valence-corrected chi connectivity index (χ2v) is 5.91. The first-order valence-corrected chi connectivity index (χ1v) is 7.87. The Morgan fingerprint density at radius 1 is 1.35 bits per heavy atom. The van der Waals surface area contributed by atoms with Gasteiger partial charge in [-0.3, -0.25) is 0 Å². The van der Waals surface area contributed by atoms with Crippen LogP contribution < -0.4 is 11.1 Å². The maximum atomic E-state index is 5.96. The Bertz CT molecular complexity index is 661. The van der Waals surface area contributed by atoms with Gasteiger partial charge in [-0.1, -0.05) is 24.6 Å². The fourth-order valence-corrected chi connectivity index (χ4v) is 2.59. The van der Waals surface area contributed by atoms with Gasteiger partial charge in [0, 0.05) is 12.7 Å². The molecule has 0 saturated heterocycles. The molecule has 1 fully saturated rings. The normalized spacial score (nSPS) is 14.9. The molecule has 124 valence electrons. The standard InChI is InChI=1S/C17H23N5.HI/c1-13-9-10-22(21-13)16-8-3-2-7-15(16)12-20-17(18)19-11-14-5-4-6-14;/h2-3,7-10,14H,4-6,11-12H2,1H3,(H3,18,19,20);1H. The highest BCUT2D eigenvalue weighted by Crippen LogP contribution is 2.25. The van der Waals surface area contributed by atoms with Gasteiger partial charge in [-0.25, -0.2) is 9.67 Å². The lowest BCUT2D eigenvalue weighted by atomic mass is 9.85. The van der Waals surface area contributed by atoms with Gasteiger partial charge < -0.3 is 11.1 Å². The number of nitrogens with one attached hydrogen (secondary N) is 1. The zero-order valence-corrected chi connectivity index (χ0v) is 15.7. The van der Waals surface area contributed by atoms with E-state index in [4.69, 9.17) is 5.73 Å². The number of rotatable bonds is 5. The van der Waals surface area contributed by atoms with E-state index in [1.165, 1.54) is 19.3 Å². The van der Waals surface area contributed by atoms with E-state index < -0.39 is 0 Å². The minimum Gasteiger partial charge on any atom is -0.370 e. The molecule has 6 heteroatoms. The fraction of sp³-hybridized carbons (Fsp3) is 0.412. The third-order valence-electron chi connectivity index (χ3n) is 4.18. The van der Waals surface area contributed by atoms with Crippen molar-refractivity contribution in [1.29, 1.82) is 0 Å². The van der Waals surface area contributed by atoms with Crippen LogP contribution in [0.1, 0.15) is 30.5 Å². The van der Waals surface area contributed by atoms with Crippen LogP contribution in [0, 0.1) is 12.8 Å². The molecule has 1 heterocycles. The quantitative estimate of drug-likeness (QED) is 0.440. The number of para-hydroxylation sites is 1. The SMILES string of the molecule is Cc1ccn(-c2ccccc2CN=C(N)NCC2CCC2)n1.I. The molecular weight excluding hydrogens is 401 g/mol. The number of aliphatic imine (C=N–C) groups is 1. The van der Waals surface area contributed by atoms with Crippen molar-refractivity contribution in [2.24, 2.45) is 16.6 Å². The molecule has 1 saturated carbocycles. The van der Waals surface area contributed by atoms with E-state index in [1.807, 2.05) is 36.0 Å². The Labute approximate surface area is 154 Å². The first kappa shape index (κ1) is 17.8. The Morgan fingerprint density at radius 2 is 2.13 bits per heavy atom. The van der Waals surface area contributed by atoms with Crippen LogP contribution in [0.2, 0.25) is 0 Å². The Hall–Kier alpha value is -1.57. The maximum Gasteiger partial charge on any atom is 0.188 e. The first-order chi connectivity index (χ1) is 10.7. The van der Waals surface area contributed by atoms with Crippen molar-refractivity contribution < 1.29 is 0 Å². The summed E-state index contributed by atoms with van der Waals surface area (Å²) >= 11 is 0. The third-order valence-corrected chi connectivity index (χ3v) is 4.18. The van der Waals surface area contributed by atoms with Gasteiger partial charge >= 0.3 is 0 Å². The number of aromatic nitrogens is 2. The molecule has 0 amide bonds. The minimum atomic E-state index is 0. The molecule has 0 bridgehead atoms. The summed E-state index contributed by atoms with van der Waals surface area (Å²) < 4.78 is 1.89. The molecule has 1 aromatic carbocycles. The highest BCUT2D eigenvalue weighted by atomic mass is 127. The number of benzene rings is 1. The fourth-order valence-electron chi connectivity index (χ4n) is 2.59. The first-order valence-electron chi connectivity index (χ1n) is 7.87. The van der Waals surface area contributed by atoms with Gasteiger partial charge in [0.1, 0.15) is 0 Å². The number of hydrogen-bond acceptors (Lipinski definition) is 2. The molecule has 2 aromatic rings. The summed E-state index contributed by atoms with van der Waals surface area (Å²) in [6.45, 7) is 3.48. The van der Waals surface area contributed by atoms with Crippen molar-refractivity contribution in [3.05, 3.63) is 47.8 Å². The molecule has 0 aliphatic heterocycles. The molecule has 0 radical (unpaired) electrons. The van der Waals surface area contributed by atoms with Crippen molar-refractivity contribution >= 4 is 29.9 Å². The van der Waals surface area contributed by atoms with Gasteiger partial charge in [0.15, 0.2) is 5.96 Å². The van der Waals surface area contributed by atoms with Crippen LogP contribution in [-0.4, -0.2) is 22.3 Å². The van der Waals surface area contributed by atoms with E-state index in [0.717, 1.165) is 29.4 Å². The molecule has 5 nitrogen and oxygen atoms in total. The predicted molar refractivity (Wildman–Crippen MR) is 104 cm³/mol. The van der Waals surface area contributed by atoms with Crippen molar-refractivity contribution in [3.8, 4) is 5.69 Å². The van der Waals surface area contributed by atoms with E-state index in [2.05, 4.69) is 27.5 Å².